The molecule has 1 aromatic rings. The average Bonchev–Trinajstić information content (AvgIpc) is 3.32. The molecule has 2 N–H and O–H groups in total. The minimum absolute atomic E-state index is 0. The number of nitrogens with one attached hydrogen (secondary N) is 2. The fraction of sp³-hybridized carbons (Fsp3) is 0.667. The lowest BCUT2D eigenvalue weighted by molar-refractivity contribution is -0.124. The van der Waals surface area contributed by atoms with Crippen molar-refractivity contribution in [3.8, 4) is 0 Å². The van der Waals surface area contributed by atoms with E-state index in [1.54, 1.807) is 0 Å². The minimum atomic E-state index is 0. The Morgan fingerprint density at radius 3 is 2.52 bits per heavy atom. The Morgan fingerprint density at radius 2 is 1.85 bits per heavy atom. The number of hydrogen-bond donors (Lipinski definition) is 2. The molecule has 152 valence electrons. The van der Waals surface area contributed by atoms with Gasteiger partial charge in [0, 0.05) is 31.6 Å². The van der Waals surface area contributed by atoms with Crippen molar-refractivity contribution in [3.63, 3.8) is 0 Å². The van der Waals surface area contributed by atoms with Crippen molar-refractivity contribution in [3.05, 3.63) is 35.4 Å². The van der Waals surface area contributed by atoms with Crippen molar-refractivity contribution in [1.29, 1.82) is 0 Å². The van der Waals surface area contributed by atoms with E-state index in [4.69, 9.17) is 0 Å². The van der Waals surface area contributed by atoms with Crippen LogP contribution in [0.25, 0.3) is 0 Å². The van der Waals surface area contributed by atoms with Gasteiger partial charge in [0.2, 0.25) is 5.91 Å². The normalized spacial score (nSPS) is 24.6. The zero-order valence-corrected chi connectivity index (χ0v) is 17.8. The van der Waals surface area contributed by atoms with Crippen LogP contribution in [0.1, 0.15) is 43.2 Å². The fourth-order valence-electron chi connectivity index (χ4n) is 4.76. The first kappa shape index (κ1) is 22.5. The molecule has 0 aromatic heterocycles. The van der Waals surface area contributed by atoms with Crippen LogP contribution >= 0.6 is 24.8 Å². The second-order valence-electron chi connectivity index (χ2n) is 8.35. The number of hydrogen-bond acceptors (Lipinski definition) is 3. The van der Waals surface area contributed by atoms with E-state index >= 15 is 0 Å². The number of carbonyl (C=O) groups is 1. The van der Waals surface area contributed by atoms with Crippen LogP contribution in [0.3, 0.4) is 0 Å². The summed E-state index contributed by atoms with van der Waals surface area (Å²) < 4.78 is 0. The van der Waals surface area contributed by atoms with E-state index in [0.717, 1.165) is 52.0 Å². The molecule has 27 heavy (non-hydrogen) atoms. The van der Waals surface area contributed by atoms with Crippen LogP contribution in [0.5, 0.6) is 0 Å². The molecular weight excluding hydrogens is 381 g/mol. The molecule has 0 radical (unpaired) electrons. The molecule has 0 bridgehead atoms. The van der Waals surface area contributed by atoms with Gasteiger partial charge in [0.05, 0.1) is 0 Å². The lowest BCUT2D eigenvalue weighted by Crippen LogP contribution is -2.45. The highest BCUT2D eigenvalue weighted by atomic mass is 35.5. The zero-order chi connectivity index (χ0) is 17.3. The van der Waals surface area contributed by atoms with Gasteiger partial charge in [0.1, 0.15) is 0 Å². The summed E-state index contributed by atoms with van der Waals surface area (Å²) in [5, 5.41) is 6.77. The zero-order valence-electron chi connectivity index (χ0n) is 16.2. The van der Waals surface area contributed by atoms with Crippen LogP contribution in [0.2, 0.25) is 0 Å². The molecule has 2 aliphatic heterocycles. The third kappa shape index (κ3) is 5.17. The summed E-state index contributed by atoms with van der Waals surface area (Å²) in [5.74, 6) is 0.624. The van der Waals surface area contributed by atoms with Crippen LogP contribution in [-0.2, 0) is 11.3 Å². The molecule has 2 saturated heterocycles. The predicted octanol–water partition coefficient (Wildman–Crippen LogP) is 3.31. The van der Waals surface area contributed by atoms with Crippen LogP contribution in [0.15, 0.2) is 24.3 Å². The van der Waals surface area contributed by atoms with Gasteiger partial charge in [-0.2, -0.15) is 0 Å². The molecule has 1 unspecified atom stereocenters. The van der Waals surface area contributed by atoms with Crippen LogP contribution in [0.4, 0.5) is 0 Å². The largest absolute Gasteiger partial charge is 0.353 e. The van der Waals surface area contributed by atoms with Gasteiger partial charge in [-0.3, -0.25) is 9.69 Å². The second kappa shape index (κ2) is 9.60. The number of rotatable bonds is 4. The summed E-state index contributed by atoms with van der Waals surface area (Å²) in [6.45, 7) is 7.56. The standard InChI is InChI=1S/C21H31N3O.2ClH/c1-16-4-2-3-5-17(16)15-24-12-6-18(7-13-24)23-20(25)19-14-21(19)8-10-22-11-9-21;;/h2-5,18-19,22H,6-15H2,1H3,(H,23,25);2*1H. The summed E-state index contributed by atoms with van der Waals surface area (Å²) in [5.41, 5.74) is 3.15. The van der Waals surface area contributed by atoms with E-state index in [1.165, 1.54) is 24.0 Å². The van der Waals surface area contributed by atoms with Gasteiger partial charge in [-0.15, -0.1) is 24.8 Å². The summed E-state index contributed by atoms with van der Waals surface area (Å²) in [6, 6.07) is 9.03. The maximum absolute atomic E-state index is 12.6. The Morgan fingerprint density at radius 1 is 1.19 bits per heavy atom. The van der Waals surface area contributed by atoms with E-state index in [0.29, 0.717) is 23.3 Å². The van der Waals surface area contributed by atoms with Crippen molar-refractivity contribution in [2.75, 3.05) is 26.2 Å². The van der Waals surface area contributed by atoms with Crippen molar-refractivity contribution in [2.45, 2.75) is 51.6 Å². The third-order valence-electron chi connectivity index (χ3n) is 6.69. The number of halogens is 2. The van der Waals surface area contributed by atoms with Crippen molar-refractivity contribution in [1.82, 2.24) is 15.5 Å². The SMILES string of the molecule is Cc1ccccc1CN1CCC(NC(=O)C2CC23CCNCC3)CC1.Cl.Cl. The Kier molecular flexibility index (Phi) is 7.99. The van der Waals surface area contributed by atoms with E-state index in [9.17, 15) is 4.79 Å². The monoisotopic (exact) mass is 413 g/mol. The fourth-order valence-corrected chi connectivity index (χ4v) is 4.76. The van der Waals surface area contributed by atoms with Crippen LogP contribution in [-0.4, -0.2) is 43.0 Å². The van der Waals surface area contributed by atoms with E-state index < -0.39 is 0 Å². The Hall–Kier alpha value is -0.810. The maximum atomic E-state index is 12.6. The first-order valence-electron chi connectivity index (χ1n) is 9.94. The molecule has 3 aliphatic rings. The molecule has 3 fully saturated rings. The van der Waals surface area contributed by atoms with Gasteiger partial charge in [-0.1, -0.05) is 24.3 Å². The number of piperidine rings is 2. The molecule has 4 rings (SSSR count). The van der Waals surface area contributed by atoms with Gasteiger partial charge in [0.15, 0.2) is 0 Å². The molecule has 1 aliphatic carbocycles. The highest BCUT2D eigenvalue weighted by Gasteiger charge is 2.57. The van der Waals surface area contributed by atoms with Gasteiger partial charge >= 0.3 is 0 Å². The lowest BCUT2D eigenvalue weighted by atomic mass is 9.91. The Labute approximate surface area is 175 Å². The van der Waals surface area contributed by atoms with E-state index in [-0.39, 0.29) is 24.8 Å². The number of carbonyl (C=O) groups excluding carboxylic acids is 1. The van der Waals surface area contributed by atoms with Crippen molar-refractivity contribution < 1.29 is 4.79 Å². The van der Waals surface area contributed by atoms with E-state index in [2.05, 4.69) is 46.7 Å². The quantitative estimate of drug-likeness (QED) is 0.795. The maximum Gasteiger partial charge on any atom is 0.223 e. The molecule has 1 amide bonds. The number of aryl methyl sites for hydroxylation is 1. The summed E-state index contributed by atoms with van der Waals surface area (Å²) in [6.07, 6.45) is 5.64. The van der Waals surface area contributed by atoms with Crippen LogP contribution < -0.4 is 10.6 Å². The third-order valence-corrected chi connectivity index (χ3v) is 6.69. The molecule has 1 aromatic carbocycles. The molecule has 4 nitrogen and oxygen atoms in total. The van der Waals surface area contributed by atoms with E-state index in [1.807, 2.05) is 0 Å². The molecule has 2 heterocycles. The van der Waals surface area contributed by atoms with Gasteiger partial charge in [-0.05, 0) is 68.7 Å². The van der Waals surface area contributed by atoms with Crippen LogP contribution in [0, 0.1) is 18.3 Å². The number of benzene rings is 1. The molecule has 1 spiro atoms. The number of likely N-dealkylation sites (tertiary alicyclic amines) is 1. The number of nitrogens with zero attached hydrogens (tertiary/aromatic N) is 1. The molecular formula is C21H33Cl2N3O. The Balaban J connectivity index is 0.00000131. The highest BCUT2D eigenvalue weighted by Crippen LogP contribution is 2.58. The average molecular weight is 414 g/mol. The Bertz CT molecular complexity index is 626. The second-order valence-corrected chi connectivity index (χ2v) is 8.35. The van der Waals surface area contributed by atoms with Crippen molar-refractivity contribution in [2.24, 2.45) is 11.3 Å². The smallest absolute Gasteiger partial charge is 0.223 e. The highest BCUT2D eigenvalue weighted by molar-refractivity contribution is 5.85. The molecule has 6 heteroatoms. The minimum Gasteiger partial charge on any atom is -0.353 e. The first-order valence-corrected chi connectivity index (χ1v) is 9.94. The van der Waals surface area contributed by atoms with Gasteiger partial charge in [-0.25, -0.2) is 0 Å². The predicted molar refractivity (Wildman–Crippen MR) is 115 cm³/mol. The van der Waals surface area contributed by atoms with Gasteiger partial charge in [0.25, 0.3) is 0 Å². The van der Waals surface area contributed by atoms with Gasteiger partial charge < -0.3 is 10.6 Å². The van der Waals surface area contributed by atoms with Crippen molar-refractivity contribution >= 4 is 30.7 Å². The lowest BCUT2D eigenvalue weighted by Gasteiger charge is -2.33. The topological polar surface area (TPSA) is 44.4 Å². The molecule has 1 atom stereocenters. The number of amides is 1. The molecule has 1 saturated carbocycles. The summed E-state index contributed by atoms with van der Waals surface area (Å²) in [4.78, 5) is 15.1. The summed E-state index contributed by atoms with van der Waals surface area (Å²) >= 11 is 0. The first-order chi connectivity index (χ1) is 12.2. The summed E-state index contributed by atoms with van der Waals surface area (Å²) in [7, 11) is 0.